The second kappa shape index (κ2) is 7.64. The molecule has 0 bridgehead atoms. The first-order valence-corrected chi connectivity index (χ1v) is 8.23. The summed E-state index contributed by atoms with van der Waals surface area (Å²) in [4.78, 5) is 12.2. The van der Waals surface area contributed by atoms with E-state index in [1.54, 1.807) is 36.5 Å². The summed E-state index contributed by atoms with van der Waals surface area (Å²) in [6.45, 7) is -0.144. The first kappa shape index (κ1) is 16.1. The maximum absolute atomic E-state index is 12.2. The Morgan fingerprint density at radius 1 is 1.29 bits per heavy atom. The molecule has 0 atom stereocenters. The number of amides is 1. The summed E-state index contributed by atoms with van der Waals surface area (Å²) < 4.78 is 7.36. The Labute approximate surface area is 141 Å². The second-order valence-corrected chi connectivity index (χ2v) is 5.90. The Hall–Kier alpha value is -2.81. The summed E-state index contributed by atoms with van der Waals surface area (Å²) in [5.74, 6) is 0.848. The third-order valence-electron chi connectivity index (χ3n) is 4.22. The zero-order valence-corrected chi connectivity index (χ0v) is 13.4. The number of anilines is 1. The quantitative estimate of drug-likeness (QED) is 0.915. The van der Waals surface area contributed by atoms with Crippen molar-refractivity contribution >= 4 is 11.7 Å². The van der Waals surface area contributed by atoms with Crippen molar-refractivity contribution < 1.29 is 9.53 Å². The summed E-state index contributed by atoms with van der Waals surface area (Å²) in [5.41, 5.74) is 0.414. The zero-order valence-electron chi connectivity index (χ0n) is 13.4. The monoisotopic (exact) mass is 324 g/mol. The normalized spacial score (nSPS) is 14.8. The minimum Gasteiger partial charge on any atom is -0.482 e. The van der Waals surface area contributed by atoms with Gasteiger partial charge in [0.05, 0.1) is 17.8 Å². The van der Waals surface area contributed by atoms with E-state index in [0.29, 0.717) is 23.2 Å². The molecule has 0 spiro atoms. The molecule has 0 radical (unpaired) electrons. The molecule has 1 aromatic heterocycles. The molecule has 0 saturated heterocycles. The van der Waals surface area contributed by atoms with Gasteiger partial charge in [-0.1, -0.05) is 31.4 Å². The fourth-order valence-electron chi connectivity index (χ4n) is 3.04. The number of para-hydroxylation sites is 1. The van der Waals surface area contributed by atoms with Crippen molar-refractivity contribution in [2.45, 2.75) is 38.1 Å². The van der Waals surface area contributed by atoms with Crippen LogP contribution < -0.4 is 10.1 Å². The molecular weight excluding hydrogens is 304 g/mol. The van der Waals surface area contributed by atoms with E-state index in [1.165, 1.54) is 19.3 Å². The van der Waals surface area contributed by atoms with Gasteiger partial charge in [-0.2, -0.15) is 10.4 Å². The van der Waals surface area contributed by atoms with Gasteiger partial charge in [-0.15, -0.1) is 0 Å². The number of hydrogen-bond donors (Lipinski definition) is 1. The molecule has 1 heterocycles. The lowest BCUT2D eigenvalue weighted by Crippen LogP contribution is -2.24. The van der Waals surface area contributed by atoms with Crippen molar-refractivity contribution in [1.82, 2.24) is 9.78 Å². The number of rotatable bonds is 5. The Kier molecular flexibility index (Phi) is 5.12. The van der Waals surface area contributed by atoms with Crippen LogP contribution >= 0.6 is 0 Å². The third-order valence-corrected chi connectivity index (χ3v) is 4.22. The van der Waals surface area contributed by atoms with Crippen LogP contribution in [0.1, 0.15) is 43.7 Å². The van der Waals surface area contributed by atoms with Crippen LogP contribution in [0.3, 0.4) is 0 Å². The van der Waals surface area contributed by atoms with Crippen LogP contribution in [0.4, 0.5) is 5.82 Å². The number of nitrogens with zero attached hydrogens (tertiary/aromatic N) is 3. The van der Waals surface area contributed by atoms with Gasteiger partial charge < -0.3 is 10.1 Å². The van der Waals surface area contributed by atoms with Gasteiger partial charge in [0.1, 0.15) is 17.6 Å². The Morgan fingerprint density at radius 2 is 2.08 bits per heavy atom. The van der Waals surface area contributed by atoms with Crippen LogP contribution in [0.5, 0.6) is 5.75 Å². The van der Waals surface area contributed by atoms with Crippen molar-refractivity contribution in [2.24, 2.45) is 0 Å². The molecule has 24 heavy (non-hydrogen) atoms. The van der Waals surface area contributed by atoms with Crippen molar-refractivity contribution in [1.29, 1.82) is 5.26 Å². The van der Waals surface area contributed by atoms with Gasteiger partial charge in [0, 0.05) is 6.07 Å². The molecule has 1 aliphatic carbocycles. The summed E-state index contributed by atoms with van der Waals surface area (Å²) in [5, 5.41) is 16.2. The predicted molar refractivity (Wildman–Crippen MR) is 89.6 cm³/mol. The largest absolute Gasteiger partial charge is 0.482 e. The molecule has 0 unspecified atom stereocenters. The topological polar surface area (TPSA) is 79.9 Å². The van der Waals surface area contributed by atoms with E-state index < -0.39 is 0 Å². The lowest BCUT2D eigenvalue weighted by molar-refractivity contribution is -0.118. The standard InChI is InChI=1S/C18H20N4O2/c19-12-14-6-4-5-9-16(14)24-13-18(23)21-17-10-11-20-22(17)15-7-2-1-3-8-15/h4-6,9-11,15H,1-3,7-8,13H2,(H,21,23). The Bertz CT molecular complexity index is 741. The molecule has 1 amide bonds. The number of hydrogen-bond acceptors (Lipinski definition) is 4. The van der Waals surface area contributed by atoms with E-state index in [-0.39, 0.29) is 12.5 Å². The van der Waals surface area contributed by atoms with Gasteiger partial charge in [0.25, 0.3) is 5.91 Å². The highest BCUT2D eigenvalue weighted by molar-refractivity contribution is 5.91. The highest BCUT2D eigenvalue weighted by Crippen LogP contribution is 2.29. The fourth-order valence-corrected chi connectivity index (χ4v) is 3.04. The SMILES string of the molecule is N#Cc1ccccc1OCC(=O)Nc1ccnn1C1CCCCC1. The number of ether oxygens (including phenoxy) is 1. The van der Waals surface area contributed by atoms with Gasteiger partial charge >= 0.3 is 0 Å². The lowest BCUT2D eigenvalue weighted by Gasteiger charge is -2.23. The van der Waals surface area contributed by atoms with E-state index in [9.17, 15) is 4.79 Å². The molecule has 1 saturated carbocycles. The fraction of sp³-hybridized carbons (Fsp3) is 0.389. The number of benzene rings is 1. The number of carbonyl (C=O) groups is 1. The molecule has 6 heteroatoms. The maximum atomic E-state index is 12.2. The van der Waals surface area contributed by atoms with Crippen molar-refractivity contribution in [2.75, 3.05) is 11.9 Å². The average Bonchev–Trinajstić information content (AvgIpc) is 3.09. The smallest absolute Gasteiger partial charge is 0.263 e. The van der Waals surface area contributed by atoms with Crippen molar-refractivity contribution in [3.63, 3.8) is 0 Å². The summed E-state index contributed by atoms with van der Waals surface area (Å²) in [7, 11) is 0. The summed E-state index contributed by atoms with van der Waals surface area (Å²) in [6.07, 6.45) is 7.56. The predicted octanol–water partition coefficient (Wildman–Crippen LogP) is 3.28. The lowest BCUT2D eigenvalue weighted by atomic mass is 9.96. The first-order valence-electron chi connectivity index (χ1n) is 8.23. The number of nitriles is 1. The molecule has 6 nitrogen and oxygen atoms in total. The van der Waals surface area contributed by atoms with E-state index in [0.717, 1.165) is 12.8 Å². The summed E-state index contributed by atoms with van der Waals surface area (Å²) in [6, 6.07) is 11.1. The van der Waals surface area contributed by atoms with Gasteiger partial charge in [-0.05, 0) is 25.0 Å². The number of aromatic nitrogens is 2. The van der Waals surface area contributed by atoms with E-state index in [2.05, 4.69) is 10.4 Å². The molecule has 0 aliphatic heterocycles. The minimum absolute atomic E-state index is 0.144. The number of carbonyl (C=O) groups excluding carboxylic acids is 1. The van der Waals surface area contributed by atoms with Crippen LogP contribution in [0, 0.1) is 11.3 Å². The number of nitrogens with one attached hydrogen (secondary N) is 1. The van der Waals surface area contributed by atoms with Crippen molar-refractivity contribution in [3.8, 4) is 11.8 Å². The molecule has 124 valence electrons. The highest BCUT2D eigenvalue weighted by atomic mass is 16.5. The molecule has 2 aromatic rings. The van der Waals surface area contributed by atoms with E-state index >= 15 is 0 Å². The second-order valence-electron chi connectivity index (χ2n) is 5.90. The van der Waals surface area contributed by atoms with Gasteiger partial charge in [0.15, 0.2) is 6.61 Å². The van der Waals surface area contributed by atoms with Gasteiger partial charge in [-0.3, -0.25) is 4.79 Å². The van der Waals surface area contributed by atoms with Crippen LogP contribution in [0.25, 0.3) is 0 Å². The van der Waals surface area contributed by atoms with E-state index in [1.807, 2.05) is 10.8 Å². The van der Waals surface area contributed by atoms with Crippen molar-refractivity contribution in [3.05, 3.63) is 42.1 Å². The molecule has 1 N–H and O–H groups in total. The van der Waals surface area contributed by atoms with Gasteiger partial charge in [-0.25, -0.2) is 4.68 Å². The maximum Gasteiger partial charge on any atom is 0.263 e. The van der Waals surface area contributed by atoms with Crippen LogP contribution in [-0.4, -0.2) is 22.3 Å². The molecule has 1 fully saturated rings. The first-order chi connectivity index (χ1) is 11.8. The van der Waals surface area contributed by atoms with Crippen LogP contribution in [0.2, 0.25) is 0 Å². The van der Waals surface area contributed by atoms with E-state index in [4.69, 9.17) is 10.00 Å². The minimum atomic E-state index is -0.264. The molecule has 1 aromatic carbocycles. The van der Waals surface area contributed by atoms with Gasteiger partial charge in [0.2, 0.25) is 0 Å². The third kappa shape index (κ3) is 3.74. The highest BCUT2D eigenvalue weighted by Gasteiger charge is 2.19. The zero-order chi connectivity index (χ0) is 16.8. The van der Waals surface area contributed by atoms with Crippen LogP contribution in [-0.2, 0) is 4.79 Å². The Morgan fingerprint density at radius 3 is 2.88 bits per heavy atom. The Balaban J connectivity index is 1.59. The molecule has 3 rings (SSSR count). The molecular formula is C18H20N4O2. The molecule has 1 aliphatic rings. The van der Waals surface area contributed by atoms with Crippen LogP contribution in [0.15, 0.2) is 36.5 Å². The summed E-state index contributed by atoms with van der Waals surface area (Å²) >= 11 is 0. The average molecular weight is 324 g/mol.